The van der Waals surface area contributed by atoms with E-state index in [0.717, 1.165) is 25.7 Å². The topological polar surface area (TPSA) is 104 Å². The molecule has 0 heterocycles. The maximum Gasteiger partial charge on any atom is 0.233 e. The number of carbonyl (C=O) groups excluding carboxylic acids is 2. The van der Waals surface area contributed by atoms with Crippen LogP contribution >= 0.6 is 22.6 Å². The van der Waals surface area contributed by atoms with Crippen LogP contribution in [0.2, 0.25) is 0 Å². The molecular weight excluding hydrogens is 409 g/mol. The van der Waals surface area contributed by atoms with E-state index in [1.165, 1.54) is 32.1 Å². The van der Waals surface area contributed by atoms with Crippen LogP contribution in [0, 0.1) is 5.92 Å². The summed E-state index contributed by atoms with van der Waals surface area (Å²) in [5, 5.41) is 14.8. The van der Waals surface area contributed by atoms with Gasteiger partial charge in [0.1, 0.15) is 10.1 Å². The largest absolute Gasteiger partial charge is 0.395 e. The molecule has 6 nitrogen and oxygen atoms in total. The van der Waals surface area contributed by atoms with Crippen LogP contribution in [0.3, 0.4) is 0 Å². The van der Waals surface area contributed by atoms with Crippen molar-refractivity contribution < 1.29 is 14.7 Å². The number of nitrogens with two attached hydrogens (primary N) is 1. The second-order valence-corrected chi connectivity index (χ2v) is 7.56. The second-order valence-electron chi connectivity index (χ2n) is 6.22. The Hall–Kier alpha value is -0.410. The first-order valence-corrected chi connectivity index (χ1v) is 9.89. The summed E-state index contributed by atoms with van der Waals surface area (Å²) in [6.45, 7) is 0.250. The fraction of sp³-hybridized carbons (Fsp3) is 0.875. The average Bonchev–Trinajstić information content (AvgIpc) is 2.55. The van der Waals surface area contributed by atoms with Crippen molar-refractivity contribution in [1.82, 2.24) is 10.6 Å². The van der Waals surface area contributed by atoms with Crippen LogP contribution in [-0.4, -0.2) is 40.2 Å². The standard InChI is InChI=1S/C16H30IN3O3/c17-13(14(18)22)15(19-10-11-21)20-16(23)12-8-6-4-2-1-3-5-7-9-12/h12-13,15,19,21H,1-11H2,(H2,18,22)(H,20,23). The van der Waals surface area contributed by atoms with Gasteiger partial charge in [-0.1, -0.05) is 67.5 Å². The Bertz CT molecular complexity index is 358. The van der Waals surface area contributed by atoms with Gasteiger partial charge in [0.25, 0.3) is 0 Å². The van der Waals surface area contributed by atoms with Crippen molar-refractivity contribution in [3.05, 3.63) is 0 Å². The molecule has 0 bridgehead atoms. The van der Waals surface area contributed by atoms with Gasteiger partial charge in [-0.25, -0.2) is 0 Å². The van der Waals surface area contributed by atoms with Crippen LogP contribution in [0.15, 0.2) is 0 Å². The number of aliphatic hydroxyl groups is 1. The highest BCUT2D eigenvalue weighted by atomic mass is 127. The molecule has 0 spiro atoms. The summed E-state index contributed by atoms with van der Waals surface area (Å²) in [5.41, 5.74) is 5.35. The molecule has 0 aromatic carbocycles. The first kappa shape index (κ1) is 20.6. The van der Waals surface area contributed by atoms with E-state index in [2.05, 4.69) is 10.6 Å². The minimum Gasteiger partial charge on any atom is -0.395 e. The van der Waals surface area contributed by atoms with Crippen LogP contribution in [-0.2, 0) is 9.59 Å². The summed E-state index contributed by atoms with van der Waals surface area (Å²) in [7, 11) is 0. The van der Waals surface area contributed by atoms with Crippen molar-refractivity contribution in [2.75, 3.05) is 13.2 Å². The highest BCUT2D eigenvalue weighted by Crippen LogP contribution is 2.22. The third-order valence-corrected chi connectivity index (χ3v) is 5.65. The monoisotopic (exact) mass is 439 g/mol. The van der Waals surface area contributed by atoms with E-state index in [1.807, 2.05) is 22.6 Å². The smallest absolute Gasteiger partial charge is 0.233 e. The summed E-state index contributed by atoms with van der Waals surface area (Å²) >= 11 is 1.93. The Balaban J connectivity index is 2.60. The SMILES string of the molecule is NC(=O)C(I)C(NCCO)NC(=O)C1CCCCCCCCC1. The Labute approximate surface area is 152 Å². The summed E-state index contributed by atoms with van der Waals surface area (Å²) < 4.78 is -0.553. The first-order chi connectivity index (χ1) is 11.1. The van der Waals surface area contributed by atoms with E-state index in [9.17, 15) is 9.59 Å². The van der Waals surface area contributed by atoms with Gasteiger partial charge < -0.3 is 16.2 Å². The van der Waals surface area contributed by atoms with Crippen LogP contribution in [0.5, 0.6) is 0 Å². The minimum absolute atomic E-state index is 0.00278. The Morgan fingerprint density at radius 3 is 2.09 bits per heavy atom. The lowest BCUT2D eigenvalue weighted by atomic mass is 9.91. The van der Waals surface area contributed by atoms with Gasteiger partial charge in [-0.15, -0.1) is 0 Å². The Kier molecular flexibility index (Phi) is 10.8. The van der Waals surface area contributed by atoms with Crippen LogP contribution < -0.4 is 16.4 Å². The number of halogens is 1. The molecule has 2 amide bonds. The Morgan fingerprint density at radius 2 is 1.61 bits per heavy atom. The van der Waals surface area contributed by atoms with Crippen molar-refractivity contribution in [3.8, 4) is 0 Å². The maximum atomic E-state index is 12.6. The predicted octanol–water partition coefficient (Wildman–Crippen LogP) is 1.44. The van der Waals surface area contributed by atoms with Gasteiger partial charge in [0.05, 0.1) is 6.61 Å². The van der Waals surface area contributed by atoms with Crippen LogP contribution in [0.4, 0.5) is 0 Å². The molecule has 0 aromatic heterocycles. The molecule has 1 saturated carbocycles. The average molecular weight is 439 g/mol. The molecule has 0 radical (unpaired) electrons. The second kappa shape index (κ2) is 12.0. The van der Waals surface area contributed by atoms with Gasteiger partial charge >= 0.3 is 0 Å². The molecule has 0 saturated heterocycles. The molecule has 1 rings (SSSR count). The fourth-order valence-corrected chi connectivity index (χ4v) is 3.39. The van der Waals surface area contributed by atoms with Gasteiger partial charge in [-0.2, -0.15) is 0 Å². The number of hydrogen-bond donors (Lipinski definition) is 4. The number of amides is 2. The maximum absolute atomic E-state index is 12.6. The summed E-state index contributed by atoms with van der Waals surface area (Å²) in [6, 6.07) is 0. The molecule has 7 heteroatoms. The number of aliphatic hydroxyl groups excluding tert-OH is 1. The summed E-state index contributed by atoms with van der Waals surface area (Å²) in [5.74, 6) is -0.487. The zero-order valence-electron chi connectivity index (χ0n) is 13.7. The number of alkyl halides is 1. The van der Waals surface area contributed by atoms with Crippen molar-refractivity contribution in [3.63, 3.8) is 0 Å². The van der Waals surface area contributed by atoms with Gasteiger partial charge in [0.15, 0.2) is 0 Å². The van der Waals surface area contributed by atoms with E-state index in [-0.39, 0.29) is 18.4 Å². The zero-order chi connectivity index (χ0) is 17.1. The number of hydrogen-bond acceptors (Lipinski definition) is 4. The highest BCUT2D eigenvalue weighted by Gasteiger charge is 2.27. The molecular formula is C16H30IN3O3. The normalized spacial score (nSPS) is 20.4. The molecule has 1 fully saturated rings. The molecule has 1 aliphatic carbocycles. The van der Waals surface area contributed by atoms with Gasteiger partial charge in [-0.05, 0) is 12.8 Å². The molecule has 2 unspecified atom stereocenters. The number of nitrogens with one attached hydrogen (secondary N) is 2. The molecule has 134 valence electrons. The Morgan fingerprint density at radius 1 is 1.09 bits per heavy atom. The quantitative estimate of drug-likeness (QED) is 0.274. The molecule has 2 atom stereocenters. The number of rotatable bonds is 7. The van der Waals surface area contributed by atoms with Crippen molar-refractivity contribution in [2.24, 2.45) is 11.7 Å². The van der Waals surface area contributed by atoms with Crippen LogP contribution in [0.25, 0.3) is 0 Å². The minimum atomic E-state index is -0.553. The third kappa shape index (κ3) is 8.30. The lowest BCUT2D eigenvalue weighted by Gasteiger charge is -2.26. The van der Waals surface area contributed by atoms with Gasteiger partial charge in [0.2, 0.25) is 11.8 Å². The fourth-order valence-electron chi connectivity index (χ4n) is 2.95. The van der Waals surface area contributed by atoms with Crippen molar-refractivity contribution in [2.45, 2.75) is 67.9 Å². The molecule has 0 aromatic rings. The van der Waals surface area contributed by atoms with E-state index < -0.39 is 16.0 Å². The zero-order valence-corrected chi connectivity index (χ0v) is 15.9. The lowest BCUT2D eigenvalue weighted by molar-refractivity contribution is -0.126. The van der Waals surface area contributed by atoms with E-state index in [4.69, 9.17) is 10.8 Å². The van der Waals surface area contributed by atoms with Gasteiger partial charge in [-0.3, -0.25) is 14.9 Å². The molecule has 1 aliphatic rings. The van der Waals surface area contributed by atoms with Crippen molar-refractivity contribution >= 4 is 34.4 Å². The van der Waals surface area contributed by atoms with E-state index in [1.54, 1.807) is 0 Å². The third-order valence-electron chi connectivity index (χ3n) is 4.31. The molecule has 0 aliphatic heterocycles. The van der Waals surface area contributed by atoms with Crippen molar-refractivity contribution in [1.29, 1.82) is 0 Å². The number of primary amides is 1. The first-order valence-electron chi connectivity index (χ1n) is 8.64. The number of carbonyl (C=O) groups is 2. The van der Waals surface area contributed by atoms with Crippen LogP contribution in [0.1, 0.15) is 57.8 Å². The predicted molar refractivity (Wildman–Crippen MR) is 99.1 cm³/mol. The summed E-state index contributed by atoms with van der Waals surface area (Å²) in [6.07, 6.45) is 9.62. The van der Waals surface area contributed by atoms with E-state index in [0.29, 0.717) is 6.54 Å². The van der Waals surface area contributed by atoms with Gasteiger partial charge in [0, 0.05) is 12.5 Å². The molecule has 23 heavy (non-hydrogen) atoms. The highest BCUT2D eigenvalue weighted by molar-refractivity contribution is 14.1. The summed E-state index contributed by atoms with van der Waals surface area (Å²) in [4.78, 5) is 24.0. The van der Waals surface area contributed by atoms with E-state index >= 15 is 0 Å². The molecule has 5 N–H and O–H groups in total. The lowest BCUT2D eigenvalue weighted by Crippen LogP contribution is -2.56.